The number of halogens is 2. The fourth-order valence-electron chi connectivity index (χ4n) is 3.38. The first-order valence-electron chi connectivity index (χ1n) is 10.6. The van der Waals surface area contributed by atoms with Gasteiger partial charge in [0, 0.05) is 23.7 Å². The van der Waals surface area contributed by atoms with Crippen molar-refractivity contribution in [2.45, 2.75) is 0 Å². The Hall–Kier alpha value is 2.42. The van der Waals surface area contributed by atoms with E-state index in [2.05, 4.69) is 80.8 Å². The smallest absolute Gasteiger partial charge is 1.00 e. The Morgan fingerprint density at radius 2 is 0.647 bits per heavy atom. The van der Waals surface area contributed by atoms with Gasteiger partial charge in [0.1, 0.15) is 0 Å². The molecule has 0 aliphatic heterocycles. The number of nitrogens with zero attached hydrogens (tertiary/aromatic N) is 2. The van der Waals surface area contributed by atoms with E-state index in [9.17, 15) is 0 Å². The summed E-state index contributed by atoms with van der Waals surface area (Å²) in [6.07, 6.45) is 33.4. The molecule has 0 aromatic carbocycles. The molecule has 0 saturated heterocycles. The summed E-state index contributed by atoms with van der Waals surface area (Å²) in [7, 11) is 13.5. The van der Waals surface area contributed by atoms with Crippen LogP contribution in [0.15, 0.2) is 0 Å². The molecule has 4 rings (SSSR count). The van der Waals surface area contributed by atoms with Crippen LogP contribution in [0.5, 0.6) is 0 Å². The molecule has 0 unspecified atom stereocenters. The van der Waals surface area contributed by atoms with Gasteiger partial charge in [0.15, 0.2) is 0 Å². The Labute approximate surface area is 270 Å². The van der Waals surface area contributed by atoms with Crippen molar-refractivity contribution >= 4 is 0 Å². The summed E-state index contributed by atoms with van der Waals surface area (Å²) < 4.78 is 1.92. The molecule has 4 aliphatic rings. The van der Waals surface area contributed by atoms with Gasteiger partial charge in [-0.15, -0.1) is 0 Å². The van der Waals surface area contributed by atoms with Gasteiger partial charge in [-0.05, 0) is 103 Å². The van der Waals surface area contributed by atoms with Crippen molar-refractivity contribution in [3.63, 3.8) is 0 Å². The first kappa shape index (κ1) is 40.9. The summed E-state index contributed by atoms with van der Waals surface area (Å²) in [5.41, 5.74) is 0. The first-order chi connectivity index (χ1) is 14.2. The Morgan fingerprint density at radius 1 is 0.412 bits per heavy atom. The monoisotopic (exact) mass is 768 g/mol. The van der Waals surface area contributed by atoms with Crippen molar-refractivity contribution in [3.05, 3.63) is 126 Å². The predicted octanol–water partition coefficient (Wildman–Crippen LogP) is -2.00. The average molecular weight is 768 g/mol. The Balaban J connectivity index is -0.000000572. The molecule has 0 bridgehead atoms. The van der Waals surface area contributed by atoms with E-state index in [1.165, 1.54) is 23.7 Å². The maximum Gasteiger partial charge on any atom is 2.00 e. The van der Waals surface area contributed by atoms with Crippen LogP contribution >= 0.6 is 0 Å². The molecule has 4 saturated carbocycles. The van der Waals surface area contributed by atoms with Gasteiger partial charge in [-0.3, -0.25) is 0 Å². The van der Waals surface area contributed by atoms with E-state index in [0.717, 1.165) is 22.1 Å². The van der Waals surface area contributed by atoms with E-state index in [0.29, 0.717) is 0 Å². The molecule has 0 spiro atoms. The maximum absolute atomic E-state index is 2.27. The number of hydrogen-bond donors (Lipinski definition) is 0. The molecule has 0 amide bonds. The van der Waals surface area contributed by atoms with Crippen LogP contribution in [0, 0.1) is 126 Å². The van der Waals surface area contributed by atoms with E-state index in [-0.39, 0.29) is 82.1 Å². The standard InChI is InChI=1S/C18H28N2.2C5H5.2Fe.2HI/c1-19(2,3)13-15-9-7-11-17(15)18-12-8-10-16(18)14-20(4,5)6;2*1-2-4-5-3-1;;;;/h7-12H,13-14H2,1-6H3;2*1-5H;;;2*1H/q+2;;;2*+2;;/p-2. The summed E-state index contributed by atoms with van der Waals surface area (Å²) in [5, 5.41) is 0. The van der Waals surface area contributed by atoms with Crippen LogP contribution in [0.2, 0.25) is 0 Å². The third-order valence-electron chi connectivity index (χ3n) is 4.50. The molecule has 0 aromatic heterocycles. The summed E-state index contributed by atoms with van der Waals surface area (Å²) in [5.74, 6) is 5.72. The fourth-order valence-corrected chi connectivity index (χ4v) is 3.38. The number of rotatable bonds is 5. The molecule has 186 valence electrons. The van der Waals surface area contributed by atoms with Crippen LogP contribution in [0.3, 0.4) is 0 Å². The zero-order valence-electron chi connectivity index (χ0n) is 21.0. The molecular weight excluding hydrogens is 730 g/mol. The Kier molecular flexibility index (Phi) is 25.6. The maximum atomic E-state index is 2.27. The molecule has 4 fully saturated rings. The summed E-state index contributed by atoms with van der Waals surface area (Å²) in [6, 6.07) is 0. The third kappa shape index (κ3) is 17.8. The molecule has 0 heterocycles. The van der Waals surface area contributed by atoms with Crippen LogP contribution in [0.4, 0.5) is 0 Å². The number of hydrogen-bond acceptors (Lipinski definition) is 0. The van der Waals surface area contributed by atoms with Crippen LogP contribution in [-0.2, 0) is 34.1 Å². The summed E-state index contributed by atoms with van der Waals surface area (Å²) in [6.45, 7) is 2.13. The quantitative estimate of drug-likeness (QED) is 0.173. The van der Waals surface area contributed by atoms with Gasteiger partial charge in [-0.25, -0.2) is 0 Å². The minimum atomic E-state index is 0. The molecule has 0 atom stereocenters. The van der Waals surface area contributed by atoms with Gasteiger partial charge in [-0.1, -0.05) is 0 Å². The minimum absolute atomic E-state index is 0. The van der Waals surface area contributed by atoms with Gasteiger partial charge in [0.2, 0.25) is 0 Å². The largest absolute Gasteiger partial charge is 2.00 e. The van der Waals surface area contributed by atoms with Crippen molar-refractivity contribution in [1.82, 2.24) is 0 Å². The topological polar surface area (TPSA) is 0 Å². The second kappa shape index (κ2) is 21.3. The van der Waals surface area contributed by atoms with Crippen LogP contribution in [0.1, 0.15) is 0 Å². The van der Waals surface area contributed by atoms with E-state index in [4.69, 9.17) is 0 Å². The molecule has 34 heavy (non-hydrogen) atoms. The molecule has 0 N–H and O–H groups in total. The van der Waals surface area contributed by atoms with Gasteiger partial charge >= 0.3 is 34.1 Å². The van der Waals surface area contributed by atoms with E-state index < -0.39 is 0 Å². The second-order valence-corrected chi connectivity index (χ2v) is 9.75. The van der Waals surface area contributed by atoms with E-state index in [1.54, 1.807) is 0 Å². The first-order valence-corrected chi connectivity index (χ1v) is 10.6. The molecule has 2 nitrogen and oxygen atoms in total. The molecule has 6 heteroatoms. The van der Waals surface area contributed by atoms with Crippen molar-refractivity contribution in [2.75, 3.05) is 55.4 Å². The van der Waals surface area contributed by atoms with Crippen molar-refractivity contribution in [1.29, 1.82) is 0 Å². The molecular formula is C28H38Fe2I2N2+4. The molecule has 4 aliphatic carbocycles. The van der Waals surface area contributed by atoms with Crippen LogP contribution < -0.4 is 48.0 Å². The van der Waals surface area contributed by atoms with Crippen LogP contribution in [0.25, 0.3) is 0 Å². The van der Waals surface area contributed by atoms with Crippen molar-refractivity contribution < 1.29 is 91.1 Å². The van der Waals surface area contributed by atoms with Gasteiger partial charge in [-0.2, -0.15) is 0 Å². The Morgan fingerprint density at radius 3 is 0.853 bits per heavy atom. The summed E-state index contributed by atoms with van der Waals surface area (Å²) in [4.78, 5) is 0. The van der Waals surface area contributed by atoms with Gasteiger partial charge < -0.3 is 56.9 Å². The van der Waals surface area contributed by atoms with Crippen molar-refractivity contribution in [2.24, 2.45) is 0 Å². The normalized spacial score (nSPS) is 21.7. The average Bonchev–Trinajstić information content (AvgIpc) is 3.43. The molecule has 0 aromatic rings. The summed E-state index contributed by atoms with van der Waals surface area (Å²) >= 11 is 0. The fraction of sp³-hybridized carbons (Fsp3) is 0.286. The van der Waals surface area contributed by atoms with E-state index in [1.807, 2.05) is 64.2 Å². The zero-order valence-corrected chi connectivity index (χ0v) is 27.5. The zero-order chi connectivity index (χ0) is 22.0. The predicted molar refractivity (Wildman–Crippen MR) is 128 cm³/mol. The molecule has 20 radical (unpaired) electrons. The minimum Gasteiger partial charge on any atom is -1.00 e. The SMILES string of the molecule is C[N+](C)(C)C[C]1[CH][CH][CH][C]1[C]1[CH][CH][CH][C]1C[N+](C)(C)C.[CH]1[CH][CH][CH][CH]1.[CH]1[CH][CH][CH][CH]1.[Fe+2].[Fe+2].[I-].[I-]. The van der Waals surface area contributed by atoms with Crippen molar-refractivity contribution in [3.8, 4) is 0 Å². The van der Waals surface area contributed by atoms with Crippen LogP contribution in [-0.4, -0.2) is 64.3 Å². The third-order valence-corrected chi connectivity index (χ3v) is 4.50. The Bertz CT molecular complexity index is 401. The van der Waals surface area contributed by atoms with Gasteiger partial charge in [0.05, 0.1) is 55.4 Å². The second-order valence-electron chi connectivity index (χ2n) is 9.75. The number of quaternary nitrogens is 2. The van der Waals surface area contributed by atoms with E-state index >= 15 is 0 Å². The van der Waals surface area contributed by atoms with Gasteiger partial charge in [0.25, 0.3) is 0 Å².